The van der Waals surface area contributed by atoms with Crippen LogP contribution in [0.4, 0.5) is 5.69 Å². The highest BCUT2D eigenvalue weighted by Crippen LogP contribution is 2.19. The third-order valence-corrected chi connectivity index (χ3v) is 4.72. The SMILES string of the molecule is Cc1noc(C)c1CC(=O)N1CCCN(c2ccc(C#N)cc2)CC1. The zero-order valence-corrected chi connectivity index (χ0v) is 14.7. The lowest BCUT2D eigenvalue weighted by molar-refractivity contribution is -0.130. The van der Waals surface area contributed by atoms with Gasteiger partial charge in [0, 0.05) is 37.4 Å². The quantitative estimate of drug-likeness (QED) is 0.859. The highest BCUT2D eigenvalue weighted by Gasteiger charge is 2.22. The summed E-state index contributed by atoms with van der Waals surface area (Å²) in [5.74, 6) is 0.843. The Hall–Kier alpha value is -2.81. The standard InChI is InChI=1S/C19H22N4O2/c1-14-18(15(2)25-21-14)12-19(24)23-9-3-8-22(10-11-23)17-6-4-16(13-20)5-7-17/h4-7H,3,8-12H2,1-2H3. The van der Waals surface area contributed by atoms with Gasteiger partial charge in [0.05, 0.1) is 23.7 Å². The van der Waals surface area contributed by atoms with Crippen molar-refractivity contribution in [2.45, 2.75) is 26.7 Å². The molecule has 1 aliphatic heterocycles. The van der Waals surface area contributed by atoms with Crippen LogP contribution in [-0.4, -0.2) is 42.1 Å². The van der Waals surface area contributed by atoms with Crippen molar-refractivity contribution in [3.63, 3.8) is 0 Å². The number of aromatic nitrogens is 1. The van der Waals surface area contributed by atoms with Gasteiger partial charge in [-0.1, -0.05) is 5.16 Å². The van der Waals surface area contributed by atoms with Crippen LogP contribution in [0.5, 0.6) is 0 Å². The minimum absolute atomic E-state index is 0.121. The van der Waals surface area contributed by atoms with E-state index in [9.17, 15) is 4.79 Å². The molecule has 1 amide bonds. The molecule has 3 rings (SSSR count). The first-order valence-electron chi connectivity index (χ1n) is 8.53. The number of benzene rings is 1. The fourth-order valence-corrected chi connectivity index (χ4v) is 3.19. The van der Waals surface area contributed by atoms with E-state index in [-0.39, 0.29) is 5.91 Å². The maximum absolute atomic E-state index is 12.7. The Morgan fingerprint density at radius 2 is 1.96 bits per heavy atom. The zero-order chi connectivity index (χ0) is 17.8. The van der Waals surface area contributed by atoms with Gasteiger partial charge in [0.15, 0.2) is 0 Å². The van der Waals surface area contributed by atoms with Crippen LogP contribution in [0.15, 0.2) is 28.8 Å². The number of rotatable bonds is 3. The summed E-state index contributed by atoms with van der Waals surface area (Å²) in [5.41, 5.74) is 3.45. The smallest absolute Gasteiger partial charge is 0.227 e. The lowest BCUT2D eigenvalue weighted by Gasteiger charge is -2.23. The van der Waals surface area contributed by atoms with E-state index in [4.69, 9.17) is 9.78 Å². The third-order valence-electron chi connectivity index (χ3n) is 4.72. The molecule has 0 bridgehead atoms. The first-order valence-corrected chi connectivity index (χ1v) is 8.53. The van der Waals surface area contributed by atoms with Crippen molar-refractivity contribution in [1.82, 2.24) is 10.1 Å². The van der Waals surface area contributed by atoms with Gasteiger partial charge in [0.2, 0.25) is 5.91 Å². The van der Waals surface area contributed by atoms with Crippen LogP contribution in [0.1, 0.15) is 29.0 Å². The van der Waals surface area contributed by atoms with Crippen molar-refractivity contribution in [3.05, 3.63) is 46.8 Å². The van der Waals surface area contributed by atoms with Crippen molar-refractivity contribution in [2.75, 3.05) is 31.1 Å². The average molecular weight is 338 g/mol. The maximum atomic E-state index is 12.7. The molecule has 1 aromatic carbocycles. The Kier molecular flexibility index (Phi) is 5.03. The molecule has 1 aliphatic rings. The van der Waals surface area contributed by atoms with Crippen molar-refractivity contribution < 1.29 is 9.32 Å². The number of carbonyl (C=O) groups excluding carboxylic acids is 1. The average Bonchev–Trinajstić information content (AvgIpc) is 2.84. The summed E-state index contributed by atoms with van der Waals surface area (Å²) in [5, 5.41) is 12.8. The van der Waals surface area contributed by atoms with Crippen LogP contribution in [0.2, 0.25) is 0 Å². The third kappa shape index (κ3) is 3.82. The fourth-order valence-electron chi connectivity index (χ4n) is 3.19. The molecule has 6 nitrogen and oxygen atoms in total. The van der Waals surface area contributed by atoms with Crippen LogP contribution in [0.3, 0.4) is 0 Å². The van der Waals surface area contributed by atoms with E-state index in [1.165, 1.54) is 0 Å². The molecule has 0 unspecified atom stereocenters. The molecule has 0 aliphatic carbocycles. The second-order valence-electron chi connectivity index (χ2n) is 6.36. The van der Waals surface area contributed by atoms with Crippen LogP contribution in [-0.2, 0) is 11.2 Å². The molecule has 0 N–H and O–H groups in total. The highest BCUT2D eigenvalue weighted by molar-refractivity contribution is 5.79. The molecule has 25 heavy (non-hydrogen) atoms. The van der Waals surface area contributed by atoms with E-state index >= 15 is 0 Å². The van der Waals surface area contributed by atoms with E-state index in [1.807, 2.05) is 43.0 Å². The molecule has 0 radical (unpaired) electrons. The molecule has 1 fully saturated rings. The minimum atomic E-state index is 0.121. The summed E-state index contributed by atoms with van der Waals surface area (Å²) in [4.78, 5) is 16.8. The predicted molar refractivity (Wildman–Crippen MR) is 94.2 cm³/mol. The molecule has 6 heteroatoms. The first kappa shape index (κ1) is 17.0. The molecule has 2 aromatic rings. The van der Waals surface area contributed by atoms with Gasteiger partial charge in [-0.25, -0.2) is 0 Å². The number of aryl methyl sites for hydroxylation is 2. The van der Waals surface area contributed by atoms with E-state index < -0.39 is 0 Å². The molecule has 130 valence electrons. The molecule has 0 saturated carbocycles. The van der Waals surface area contributed by atoms with E-state index in [1.54, 1.807) is 0 Å². The molecular formula is C19H22N4O2. The van der Waals surface area contributed by atoms with Crippen LogP contribution >= 0.6 is 0 Å². The topological polar surface area (TPSA) is 73.4 Å². The van der Waals surface area contributed by atoms with Crippen molar-refractivity contribution in [1.29, 1.82) is 5.26 Å². The maximum Gasteiger partial charge on any atom is 0.227 e. The largest absolute Gasteiger partial charge is 0.370 e. The van der Waals surface area contributed by atoms with Gasteiger partial charge in [0.1, 0.15) is 5.76 Å². The molecular weight excluding hydrogens is 316 g/mol. The van der Waals surface area contributed by atoms with Crippen molar-refractivity contribution in [2.24, 2.45) is 0 Å². The zero-order valence-electron chi connectivity index (χ0n) is 14.7. The Morgan fingerprint density at radius 3 is 2.60 bits per heavy atom. The second kappa shape index (κ2) is 7.39. The number of anilines is 1. The van der Waals surface area contributed by atoms with Crippen LogP contribution in [0, 0.1) is 25.2 Å². The van der Waals surface area contributed by atoms with Gasteiger partial charge in [-0.3, -0.25) is 4.79 Å². The number of carbonyl (C=O) groups is 1. The molecule has 0 atom stereocenters. The van der Waals surface area contributed by atoms with Gasteiger partial charge < -0.3 is 14.3 Å². The summed E-state index contributed by atoms with van der Waals surface area (Å²) in [7, 11) is 0. The summed E-state index contributed by atoms with van der Waals surface area (Å²) in [6, 6.07) is 9.75. The number of nitrogens with zero attached hydrogens (tertiary/aromatic N) is 4. The van der Waals surface area contributed by atoms with Gasteiger partial charge in [-0.2, -0.15) is 5.26 Å². The van der Waals surface area contributed by atoms with Gasteiger partial charge in [-0.05, 0) is 44.5 Å². The Bertz CT molecular complexity index is 769. The van der Waals surface area contributed by atoms with Gasteiger partial charge >= 0.3 is 0 Å². The summed E-state index contributed by atoms with van der Waals surface area (Å²) in [6.45, 7) is 6.86. The Balaban J connectivity index is 1.63. The number of amides is 1. The summed E-state index contributed by atoms with van der Waals surface area (Å²) in [6.07, 6.45) is 1.27. The molecule has 2 heterocycles. The minimum Gasteiger partial charge on any atom is -0.370 e. The normalized spacial score (nSPS) is 14.9. The van der Waals surface area contributed by atoms with Crippen molar-refractivity contribution in [3.8, 4) is 6.07 Å². The molecule has 0 spiro atoms. The molecule has 1 saturated heterocycles. The first-order chi connectivity index (χ1) is 12.1. The monoisotopic (exact) mass is 338 g/mol. The lowest BCUT2D eigenvalue weighted by Crippen LogP contribution is -2.36. The van der Waals surface area contributed by atoms with E-state index in [0.717, 1.165) is 48.8 Å². The van der Waals surface area contributed by atoms with Crippen molar-refractivity contribution >= 4 is 11.6 Å². The van der Waals surface area contributed by atoms with Gasteiger partial charge in [0.25, 0.3) is 0 Å². The lowest BCUT2D eigenvalue weighted by atomic mass is 10.1. The summed E-state index contributed by atoms with van der Waals surface area (Å²) >= 11 is 0. The van der Waals surface area contributed by atoms with Crippen LogP contribution < -0.4 is 4.90 Å². The molecule has 1 aromatic heterocycles. The van der Waals surface area contributed by atoms with E-state index in [2.05, 4.69) is 16.1 Å². The Morgan fingerprint density at radius 1 is 1.20 bits per heavy atom. The fraction of sp³-hybridized carbons (Fsp3) is 0.421. The number of nitriles is 1. The Labute approximate surface area is 147 Å². The van der Waals surface area contributed by atoms with Gasteiger partial charge in [-0.15, -0.1) is 0 Å². The number of hydrogen-bond donors (Lipinski definition) is 0. The van der Waals surface area contributed by atoms with E-state index in [0.29, 0.717) is 18.5 Å². The predicted octanol–water partition coefficient (Wildman–Crippen LogP) is 2.44. The highest BCUT2D eigenvalue weighted by atomic mass is 16.5. The second-order valence-corrected chi connectivity index (χ2v) is 6.36. The summed E-state index contributed by atoms with van der Waals surface area (Å²) < 4.78 is 5.15. The van der Waals surface area contributed by atoms with Crippen LogP contribution in [0.25, 0.3) is 0 Å². The number of hydrogen-bond acceptors (Lipinski definition) is 5.